The number of aryl methyl sites for hydroxylation is 3. The molecule has 7 nitrogen and oxygen atoms in total. The van der Waals surface area contributed by atoms with Crippen LogP contribution in [0.5, 0.6) is 5.75 Å². The third kappa shape index (κ3) is 7.17. The molecule has 2 aromatic heterocycles. The number of phenols is 1. The van der Waals surface area contributed by atoms with Crippen molar-refractivity contribution >= 4 is 22.7 Å². The molecule has 308 valence electrons. The van der Waals surface area contributed by atoms with Crippen LogP contribution < -0.4 is 4.90 Å². The molecule has 1 aliphatic carbocycles. The van der Waals surface area contributed by atoms with E-state index in [0.717, 1.165) is 85.5 Å². The Morgan fingerprint density at radius 3 is 2.25 bits per heavy atom. The summed E-state index contributed by atoms with van der Waals surface area (Å²) in [6.07, 6.45) is 5.24. The van der Waals surface area contributed by atoms with Gasteiger partial charge in [-0.15, -0.1) is 21.5 Å². The van der Waals surface area contributed by atoms with Crippen LogP contribution in [0.3, 0.4) is 0 Å². The van der Waals surface area contributed by atoms with Gasteiger partial charge in [0.05, 0.1) is 5.71 Å². The number of thiophene rings is 1. The van der Waals surface area contributed by atoms with E-state index in [2.05, 4.69) is 130 Å². The number of aromatic nitrogens is 3. The highest BCUT2D eigenvalue weighted by Crippen LogP contribution is 2.47. The second kappa shape index (κ2) is 15.7. The van der Waals surface area contributed by atoms with Crippen molar-refractivity contribution in [2.45, 2.75) is 95.7 Å². The lowest BCUT2D eigenvalue weighted by atomic mass is 9.69. The molecule has 3 atom stereocenters. The van der Waals surface area contributed by atoms with Crippen LogP contribution in [-0.4, -0.2) is 68.9 Å². The second-order valence-corrected chi connectivity index (χ2v) is 19.1. The van der Waals surface area contributed by atoms with Crippen LogP contribution in [0.1, 0.15) is 124 Å². The van der Waals surface area contributed by atoms with Crippen molar-refractivity contribution in [1.82, 2.24) is 19.7 Å². The molecular formula is C51H55FN6OS. The number of hydrogen-bond donors (Lipinski definition) is 1. The molecule has 1 N–H and O–H groups in total. The lowest BCUT2D eigenvalue weighted by Gasteiger charge is -2.42. The van der Waals surface area contributed by atoms with Crippen LogP contribution in [0, 0.1) is 20.8 Å². The minimum Gasteiger partial charge on any atom is -0.508 e. The molecule has 5 heterocycles. The SMILES string of the molecule is Cc1sc2c(c1C)C(c1ccc(N3CCC(F)(CN4CCC(c5ccc([C@@H]6c7ccc(O)cc7CC[C@@H]6c6ccccc6)cc5)CC4)CC3)cc1)=N[C@@H](C)c1nnc(C)n1-2. The highest BCUT2D eigenvalue weighted by Gasteiger charge is 2.38. The van der Waals surface area contributed by atoms with Crippen molar-refractivity contribution in [2.75, 3.05) is 37.6 Å². The van der Waals surface area contributed by atoms with E-state index in [0.29, 0.717) is 37.0 Å². The van der Waals surface area contributed by atoms with E-state index in [1.165, 1.54) is 43.8 Å². The Kier molecular flexibility index (Phi) is 10.2. The molecule has 2 fully saturated rings. The number of aromatic hydroxyl groups is 1. The average Bonchev–Trinajstić information content (AvgIpc) is 3.76. The number of hydrogen-bond acceptors (Lipinski definition) is 7. The molecule has 0 radical (unpaired) electrons. The standard InChI is InChI=1S/C51H55FN6OS/c1-32-34(3)60-50-46(32)48(53-33(2)49-55-54-35(4)58(49)50)40-14-17-42(18-15-40)57-28-24-51(52,25-29-57)31-56-26-22-37(23-27-56)36-10-12-39(13-11-36)47-44(38-8-6-5-7-9-38)20-16-41-30-43(59)19-21-45(41)47/h5-15,17-19,21,30,33,37,44,47,59H,16,20,22-29,31H2,1-4H3/t33-,44+,47-/m0/s1. The largest absolute Gasteiger partial charge is 0.508 e. The third-order valence-electron chi connectivity index (χ3n) is 14.2. The first-order valence-corrected chi connectivity index (χ1v) is 22.8. The van der Waals surface area contributed by atoms with E-state index in [-0.39, 0.29) is 12.0 Å². The molecule has 3 aliphatic heterocycles. The minimum absolute atomic E-state index is 0.116. The zero-order chi connectivity index (χ0) is 41.1. The first kappa shape index (κ1) is 39.0. The molecule has 4 aliphatic rings. The normalized spacial score (nSPS) is 21.8. The van der Waals surface area contributed by atoms with Crippen LogP contribution in [0.25, 0.3) is 5.00 Å². The fraction of sp³-hybridized carbons (Fsp3) is 0.392. The van der Waals surface area contributed by atoms with Crippen molar-refractivity contribution in [1.29, 1.82) is 0 Å². The number of rotatable bonds is 7. The third-order valence-corrected chi connectivity index (χ3v) is 15.4. The Bertz CT molecular complexity index is 2530. The van der Waals surface area contributed by atoms with Crippen LogP contribution in [-0.2, 0) is 6.42 Å². The molecule has 9 heteroatoms. The summed E-state index contributed by atoms with van der Waals surface area (Å²) in [5.74, 6) is 3.25. The molecule has 60 heavy (non-hydrogen) atoms. The van der Waals surface area contributed by atoms with Gasteiger partial charge in [0.15, 0.2) is 5.82 Å². The van der Waals surface area contributed by atoms with Crippen LogP contribution >= 0.6 is 11.3 Å². The summed E-state index contributed by atoms with van der Waals surface area (Å²) < 4.78 is 18.7. The number of aliphatic imine (C=N–C) groups is 1. The molecule has 0 spiro atoms. The second-order valence-electron chi connectivity index (χ2n) is 17.9. The molecule has 0 unspecified atom stereocenters. The molecule has 0 bridgehead atoms. The van der Waals surface area contributed by atoms with Gasteiger partial charge in [0.2, 0.25) is 0 Å². The number of likely N-dealkylation sites (tertiary alicyclic amines) is 1. The fourth-order valence-electron chi connectivity index (χ4n) is 10.7. The smallest absolute Gasteiger partial charge is 0.162 e. The van der Waals surface area contributed by atoms with Crippen molar-refractivity contribution < 1.29 is 9.50 Å². The molecule has 0 saturated carbocycles. The molecule has 4 aromatic carbocycles. The number of fused-ring (bicyclic) bond motifs is 4. The quantitative estimate of drug-likeness (QED) is 0.174. The summed E-state index contributed by atoms with van der Waals surface area (Å²) in [5, 5.41) is 20.3. The monoisotopic (exact) mass is 818 g/mol. The van der Waals surface area contributed by atoms with Gasteiger partial charge in [0, 0.05) is 60.1 Å². The van der Waals surface area contributed by atoms with E-state index < -0.39 is 5.67 Å². The maximum atomic E-state index is 16.5. The Balaban J connectivity index is 0.760. The maximum Gasteiger partial charge on any atom is 0.162 e. The summed E-state index contributed by atoms with van der Waals surface area (Å²) in [7, 11) is 0. The number of alkyl halides is 1. The first-order valence-electron chi connectivity index (χ1n) is 22.0. The summed E-state index contributed by atoms with van der Waals surface area (Å²) in [6, 6.07) is 34.9. The number of halogens is 1. The number of phenolic OH excluding ortho intramolecular Hbond substituents is 1. The topological polar surface area (TPSA) is 69.8 Å². The zero-order valence-electron chi connectivity index (χ0n) is 35.2. The Morgan fingerprint density at radius 1 is 0.800 bits per heavy atom. The van der Waals surface area contributed by atoms with Gasteiger partial charge in [-0.2, -0.15) is 0 Å². The first-order chi connectivity index (χ1) is 29.1. The Hall–Kier alpha value is -5.12. The van der Waals surface area contributed by atoms with E-state index in [1.807, 2.05) is 19.1 Å². The van der Waals surface area contributed by atoms with Crippen LogP contribution in [0.15, 0.2) is 102 Å². The number of anilines is 1. The van der Waals surface area contributed by atoms with Gasteiger partial charge in [-0.05, 0) is 136 Å². The van der Waals surface area contributed by atoms with Crippen LogP contribution in [0.4, 0.5) is 10.1 Å². The van der Waals surface area contributed by atoms with Crippen LogP contribution in [0.2, 0.25) is 0 Å². The number of piperidine rings is 2. The summed E-state index contributed by atoms with van der Waals surface area (Å²) in [5.41, 5.74) is 11.2. The highest BCUT2D eigenvalue weighted by molar-refractivity contribution is 7.15. The number of nitrogens with zero attached hydrogens (tertiary/aromatic N) is 6. The Morgan fingerprint density at radius 2 is 1.52 bits per heavy atom. The van der Waals surface area contributed by atoms with Crippen molar-refractivity contribution in [3.8, 4) is 10.8 Å². The molecule has 10 rings (SSSR count). The molecular weight excluding hydrogens is 764 g/mol. The lowest BCUT2D eigenvalue weighted by molar-refractivity contribution is 0.0562. The van der Waals surface area contributed by atoms with E-state index in [4.69, 9.17) is 4.99 Å². The van der Waals surface area contributed by atoms with Gasteiger partial charge in [0.1, 0.15) is 28.3 Å². The predicted molar refractivity (Wildman–Crippen MR) is 242 cm³/mol. The zero-order valence-corrected chi connectivity index (χ0v) is 36.1. The summed E-state index contributed by atoms with van der Waals surface area (Å²) in [4.78, 5) is 11.2. The minimum atomic E-state index is -1.17. The number of benzene rings is 4. The van der Waals surface area contributed by atoms with Crippen molar-refractivity contribution in [3.63, 3.8) is 0 Å². The lowest BCUT2D eigenvalue weighted by Crippen LogP contribution is -2.49. The highest BCUT2D eigenvalue weighted by atomic mass is 32.1. The fourth-order valence-corrected chi connectivity index (χ4v) is 11.9. The Labute approximate surface area is 357 Å². The van der Waals surface area contributed by atoms with E-state index >= 15 is 4.39 Å². The predicted octanol–water partition coefficient (Wildman–Crippen LogP) is 10.9. The summed E-state index contributed by atoms with van der Waals surface area (Å²) in [6.45, 7) is 12.3. The average molecular weight is 819 g/mol. The van der Waals surface area contributed by atoms with Crippen molar-refractivity contribution in [3.05, 3.63) is 158 Å². The molecule has 6 aromatic rings. The van der Waals surface area contributed by atoms with E-state index in [1.54, 1.807) is 11.3 Å². The van der Waals surface area contributed by atoms with Gasteiger partial charge < -0.3 is 14.9 Å². The molecule has 0 amide bonds. The van der Waals surface area contributed by atoms with Gasteiger partial charge in [-0.1, -0.05) is 72.8 Å². The van der Waals surface area contributed by atoms with Gasteiger partial charge in [0.25, 0.3) is 0 Å². The maximum absolute atomic E-state index is 16.5. The van der Waals surface area contributed by atoms with Gasteiger partial charge >= 0.3 is 0 Å². The summed E-state index contributed by atoms with van der Waals surface area (Å²) >= 11 is 1.78. The van der Waals surface area contributed by atoms with E-state index in [9.17, 15) is 5.11 Å². The van der Waals surface area contributed by atoms with Crippen molar-refractivity contribution in [2.24, 2.45) is 4.99 Å². The van der Waals surface area contributed by atoms with Gasteiger partial charge in [-0.3, -0.25) is 9.56 Å². The van der Waals surface area contributed by atoms with Gasteiger partial charge in [-0.25, -0.2) is 4.39 Å². The molecule has 2 saturated heterocycles.